The van der Waals surface area contributed by atoms with Crippen molar-refractivity contribution < 1.29 is 31.2 Å². The van der Waals surface area contributed by atoms with E-state index in [1.165, 1.54) is 54.6 Å². The number of primary amides is 1. The van der Waals surface area contributed by atoms with Crippen LogP contribution in [0.3, 0.4) is 0 Å². The number of benzene rings is 3. The molecule has 0 spiro atoms. The fourth-order valence-corrected chi connectivity index (χ4v) is 5.42. The molecule has 0 aromatic heterocycles. The van der Waals surface area contributed by atoms with Crippen LogP contribution in [-0.4, -0.2) is 26.8 Å². The zero-order valence-corrected chi connectivity index (χ0v) is 21.0. The molecular weight excluding hydrogens is 531 g/mol. The van der Waals surface area contributed by atoms with Crippen molar-refractivity contribution in [2.24, 2.45) is 5.73 Å². The Balaban J connectivity index is 2.15. The lowest BCUT2D eigenvalue weighted by atomic mass is 9.99. The van der Waals surface area contributed by atoms with Gasteiger partial charge < -0.3 is 11.1 Å². The summed E-state index contributed by atoms with van der Waals surface area (Å²) in [6, 6.07) is 13.0. The number of hydrogen-bond donors (Lipinski definition) is 3. The molecule has 2 amide bonds. The Hall–Kier alpha value is -3.41. The van der Waals surface area contributed by atoms with Gasteiger partial charge in [0.05, 0.1) is 10.5 Å². The predicted molar refractivity (Wildman–Crippen MR) is 132 cm³/mol. The summed E-state index contributed by atoms with van der Waals surface area (Å²) in [4.78, 5) is 24.3. The Kier molecular flexibility index (Phi) is 8.62. The van der Waals surface area contributed by atoms with Gasteiger partial charge in [-0.2, -0.15) is 13.2 Å². The van der Waals surface area contributed by atoms with Crippen molar-refractivity contribution in [3.63, 3.8) is 0 Å². The second-order valence-corrected chi connectivity index (χ2v) is 10.4. The smallest absolute Gasteiger partial charge is 0.368 e. The molecule has 7 nitrogen and oxygen atoms in total. The first kappa shape index (κ1) is 28.2. The van der Waals surface area contributed by atoms with Gasteiger partial charge in [-0.25, -0.2) is 8.42 Å². The van der Waals surface area contributed by atoms with Crippen LogP contribution in [0.5, 0.6) is 0 Å². The topological polar surface area (TPSA) is 118 Å². The third kappa shape index (κ3) is 6.48. The maximum Gasteiger partial charge on any atom is 0.416 e. The zero-order chi connectivity index (χ0) is 27.4. The van der Waals surface area contributed by atoms with Gasteiger partial charge in [0.15, 0.2) is 9.84 Å². The Labute approximate surface area is 216 Å². The van der Waals surface area contributed by atoms with E-state index in [0.717, 1.165) is 18.2 Å². The maximum absolute atomic E-state index is 13.7. The fraction of sp³-hybridized carbons (Fsp3) is 0.200. The first-order chi connectivity index (χ1) is 17.4. The number of halogens is 4. The summed E-state index contributed by atoms with van der Waals surface area (Å²) in [5, 5.41) is 3.69. The maximum atomic E-state index is 13.7. The van der Waals surface area contributed by atoms with Crippen LogP contribution in [-0.2, 0) is 20.8 Å². The van der Waals surface area contributed by atoms with Gasteiger partial charge in [0, 0.05) is 17.1 Å². The number of hydrogen-bond acceptors (Lipinski definition) is 5. The molecule has 12 heteroatoms. The number of carbonyl (C=O) groups excluding carboxylic acids is 2. The number of alkyl halides is 3. The van der Waals surface area contributed by atoms with Crippen LogP contribution in [0.2, 0.25) is 5.02 Å². The molecule has 3 aromatic carbocycles. The second kappa shape index (κ2) is 11.3. The molecule has 0 radical (unpaired) electrons. The van der Waals surface area contributed by atoms with E-state index in [9.17, 15) is 31.2 Å². The third-order valence-corrected chi connectivity index (χ3v) is 7.66. The molecule has 0 saturated heterocycles. The summed E-state index contributed by atoms with van der Waals surface area (Å²) in [6.07, 6.45) is -4.83. The highest BCUT2D eigenvalue weighted by molar-refractivity contribution is 7.91. The van der Waals surface area contributed by atoms with E-state index in [1.807, 2.05) is 0 Å². The lowest BCUT2D eigenvalue weighted by Gasteiger charge is -2.26. The predicted octanol–water partition coefficient (Wildman–Crippen LogP) is 4.40. The van der Waals surface area contributed by atoms with Crippen molar-refractivity contribution >= 4 is 33.3 Å². The van der Waals surface area contributed by atoms with Gasteiger partial charge in [-0.15, -0.1) is 0 Å². The molecule has 0 aliphatic heterocycles. The molecule has 37 heavy (non-hydrogen) atoms. The van der Waals surface area contributed by atoms with Crippen molar-refractivity contribution in [2.45, 2.75) is 29.4 Å². The molecule has 0 saturated carbocycles. The van der Waals surface area contributed by atoms with Gasteiger partial charge >= 0.3 is 6.18 Å². The summed E-state index contributed by atoms with van der Waals surface area (Å²) in [5.41, 5.74) is 4.11. The monoisotopic (exact) mass is 553 g/mol. The zero-order valence-electron chi connectivity index (χ0n) is 19.4. The SMILES string of the molecule is CCNC(=O)c1ccc(C(NC(C(N)=O)c2ccccc2C(F)(F)F)S(=O)(=O)c2ccc(Cl)cc2)cc1. The van der Waals surface area contributed by atoms with E-state index in [1.54, 1.807) is 6.92 Å². The van der Waals surface area contributed by atoms with Crippen LogP contribution >= 0.6 is 11.6 Å². The molecule has 0 fully saturated rings. The molecule has 0 aliphatic carbocycles. The Morgan fingerprint density at radius 2 is 1.57 bits per heavy atom. The normalized spacial score (nSPS) is 13.5. The minimum Gasteiger partial charge on any atom is -0.368 e. The van der Waals surface area contributed by atoms with Crippen LogP contribution in [0.4, 0.5) is 13.2 Å². The molecule has 3 rings (SSSR count). The highest BCUT2D eigenvalue weighted by atomic mass is 35.5. The van der Waals surface area contributed by atoms with E-state index >= 15 is 0 Å². The lowest BCUT2D eigenvalue weighted by Crippen LogP contribution is -2.40. The molecule has 0 bridgehead atoms. The summed E-state index contributed by atoms with van der Waals surface area (Å²) in [5.74, 6) is -1.61. The first-order valence-electron chi connectivity index (χ1n) is 11.0. The second-order valence-electron chi connectivity index (χ2n) is 7.95. The van der Waals surface area contributed by atoms with Crippen LogP contribution in [0.1, 0.15) is 45.4 Å². The van der Waals surface area contributed by atoms with Crippen molar-refractivity contribution in [1.82, 2.24) is 10.6 Å². The number of sulfone groups is 1. The summed E-state index contributed by atoms with van der Waals surface area (Å²) in [6.45, 7) is 2.10. The number of carbonyl (C=O) groups is 2. The van der Waals surface area contributed by atoms with Crippen LogP contribution in [0.15, 0.2) is 77.7 Å². The molecule has 3 aromatic rings. The summed E-state index contributed by atoms with van der Waals surface area (Å²) >= 11 is 5.88. The van der Waals surface area contributed by atoms with Crippen molar-refractivity contribution in [3.05, 3.63) is 100 Å². The lowest BCUT2D eigenvalue weighted by molar-refractivity contribution is -0.138. The largest absolute Gasteiger partial charge is 0.416 e. The van der Waals surface area contributed by atoms with E-state index in [-0.39, 0.29) is 21.0 Å². The highest BCUT2D eigenvalue weighted by Gasteiger charge is 2.39. The Bertz CT molecular complexity index is 1380. The Morgan fingerprint density at radius 3 is 2.11 bits per heavy atom. The minimum absolute atomic E-state index is 0.0683. The first-order valence-corrected chi connectivity index (χ1v) is 12.9. The molecule has 2 atom stereocenters. The van der Waals surface area contributed by atoms with E-state index in [4.69, 9.17) is 17.3 Å². The number of rotatable bonds is 9. The molecule has 0 aliphatic rings. The molecular formula is C25H23ClF3N3O4S. The van der Waals surface area contributed by atoms with Gasteiger partial charge in [-0.1, -0.05) is 41.9 Å². The van der Waals surface area contributed by atoms with Crippen LogP contribution < -0.4 is 16.4 Å². The van der Waals surface area contributed by atoms with E-state index < -0.39 is 50.4 Å². The molecule has 0 heterocycles. The van der Waals surface area contributed by atoms with Gasteiger partial charge in [0.2, 0.25) is 5.91 Å². The molecule has 2 unspecified atom stereocenters. The summed E-state index contributed by atoms with van der Waals surface area (Å²) < 4.78 is 68.5. The number of amides is 2. The van der Waals surface area contributed by atoms with Crippen molar-refractivity contribution in [3.8, 4) is 0 Å². The Morgan fingerprint density at radius 1 is 0.973 bits per heavy atom. The average molecular weight is 554 g/mol. The van der Waals surface area contributed by atoms with Gasteiger partial charge in [0.1, 0.15) is 11.4 Å². The number of nitrogens with two attached hydrogens (primary N) is 1. The highest BCUT2D eigenvalue weighted by Crippen LogP contribution is 2.37. The van der Waals surface area contributed by atoms with E-state index in [2.05, 4.69) is 10.6 Å². The molecule has 196 valence electrons. The van der Waals surface area contributed by atoms with Crippen LogP contribution in [0, 0.1) is 0 Å². The van der Waals surface area contributed by atoms with Gasteiger partial charge in [-0.3, -0.25) is 14.9 Å². The number of nitrogens with one attached hydrogen (secondary N) is 2. The average Bonchev–Trinajstić information content (AvgIpc) is 2.84. The molecule has 4 N–H and O–H groups in total. The van der Waals surface area contributed by atoms with Crippen LogP contribution in [0.25, 0.3) is 0 Å². The third-order valence-electron chi connectivity index (χ3n) is 5.45. The van der Waals surface area contributed by atoms with Crippen molar-refractivity contribution in [2.75, 3.05) is 6.54 Å². The minimum atomic E-state index is -4.83. The van der Waals surface area contributed by atoms with Gasteiger partial charge in [0.25, 0.3) is 5.91 Å². The van der Waals surface area contributed by atoms with Gasteiger partial charge in [-0.05, 0) is 60.5 Å². The quantitative estimate of drug-likeness (QED) is 0.363. The van der Waals surface area contributed by atoms with E-state index in [0.29, 0.717) is 6.54 Å². The summed E-state index contributed by atoms with van der Waals surface area (Å²) in [7, 11) is -4.36. The standard InChI is InChI=1S/C25H23ClF3N3O4S/c1-2-31-23(34)15-7-9-16(10-8-15)24(37(35,36)18-13-11-17(26)12-14-18)32-21(22(30)33)19-5-3-4-6-20(19)25(27,28)29/h3-14,21,24,32H,2H2,1H3,(H2,30,33)(H,31,34). The van der Waals surface area contributed by atoms with Crippen molar-refractivity contribution in [1.29, 1.82) is 0 Å². The fourth-order valence-electron chi connectivity index (χ4n) is 3.68.